The molecule has 3 aromatic rings. The first kappa shape index (κ1) is 9.90. The van der Waals surface area contributed by atoms with Gasteiger partial charge in [-0.05, 0) is 18.2 Å². The van der Waals surface area contributed by atoms with Gasteiger partial charge in [0.05, 0.1) is 12.6 Å². The summed E-state index contributed by atoms with van der Waals surface area (Å²) in [6, 6.07) is 16.0. The van der Waals surface area contributed by atoms with Crippen LogP contribution in [0.25, 0.3) is 22.2 Å². The number of rotatable bonds is 2. The van der Waals surface area contributed by atoms with Crippen LogP contribution in [0.4, 0.5) is 0 Å². The molecule has 3 heteroatoms. The van der Waals surface area contributed by atoms with E-state index in [9.17, 15) is 0 Å². The molecule has 17 heavy (non-hydrogen) atoms. The molecule has 3 nitrogen and oxygen atoms in total. The fourth-order valence-electron chi connectivity index (χ4n) is 1.94. The van der Waals surface area contributed by atoms with Gasteiger partial charge in [0.1, 0.15) is 11.4 Å². The molecule has 0 unspecified atom stereocenters. The number of hydrogen-bond donors (Lipinski definition) is 1. The van der Waals surface area contributed by atoms with Crippen molar-refractivity contribution in [2.45, 2.75) is 0 Å². The minimum atomic E-state index is 0.844. The van der Waals surface area contributed by atoms with Crippen molar-refractivity contribution >= 4 is 10.9 Å². The molecule has 1 N–H and O–H groups in total. The van der Waals surface area contributed by atoms with Crippen LogP contribution in [0.3, 0.4) is 0 Å². The smallest absolute Gasteiger partial charge is 0.119 e. The number of methoxy groups -OCH3 is 1. The molecule has 0 saturated heterocycles. The predicted octanol–water partition coefficient (Wildman–Crippen LogP) is 3.24. The van der Waals surface area contributed by atoms with Gasteiger partial charge >= 0.3 is 0 Å². The molecule has 0 amide bonds. The Morgan fingerprint density at radius 1 is 1.06 bits per heavy atom. The van der Waals surface area contributed by atoms with E-state index in [4.69, 9.17) is 4.74 Å². The second-order valence-corrected chi connectivity index (χ2v) is 3.85. The van der Waals surface area contributed by atoms with Gasteiger partial charge in [-0.15, -0.1) is 0 Å². The van der Waals surface area contributed by atoms with Gasteiger partial charge < -0.3 is 4.74 Å². The van der Waals surface area contributed by atoms with Gasteiger partial charge in [-0.25, -0.2) is 0 Å². The molecule has 0 fully saturated rings. The number of aromatic amines is 1. The largest absolute Gasteiger partial charge is 0.497 e. The topological polar surface area (TPSA) is 37.9 Å². The number of ether oxygens (including phenoxy) is 1. The number of H-pyrrole nitrogens is 1. The molecule has 0 radical (unpaired) electrons. The SMILES string of the molecule is COc1ccc2[nH]nc(-c3ccccc3)c2c1. The summed E-state index contributed by atoms with van der Waals surface area (Å²) in [7, 11) is 1.67. The minimum absolute atomic E-state index is 0.844. The van der Waals surface area contributed by atoms with Crippen molar-refractivity contribution in [1.29, 1.82) is 0 Å². The van der Waals surface area contributed by atoms with Crippen LogP contribution in [0.5, 0.6) is 5.75 Å². The van der Waals surface area contributed by atoms with Crippen molar-refractivity contribution in [3.8, 4) is 17.0 Å². The Labute approximate surface area is 99.0 Å². The van der Waals surface area contributed by atoms with Crippen LogP contribution in [-0.2, 0) is 0 Å². The Hall–Kier alpha value is -2.29. The fraction of sp³-hybridized carbons (Fsp3) is 0.0714. The van der Waals surface area contributed by atoms with E-state index in [-0.39, 0.29) is 0 Å². The summed E-state index contributed by atoms with van der Waals surface area (Å²) in [5, 5.41) is 8.47. The third-order valence-electron chi connectivity index (χ3n) is 2.82. The first-order valence-corrected chi connectivity index (χ1v) is 5.46. The lowest BCUT2D eigenvalue weighted by Gasteiger charge is -2.00. The molecule has 0 spiro atoms. The summed E-state index contributed by atoms with van der Waals surface area (Å²) in [5.41, 5.74) is 3.08. The van der Waals surface area contributed by atoms with Gasteiger partial charge in [0.15, 0.2) is 0 Å². The van der Waals surface area contributed by atoms with Crippen LogP contribution in [0.2, 0.25) is 0 Å². The predicted molar refractivity (Wildman–Crippen MR) is 68.1 cm³/mol. The second-order valence-electron chi connectivity index (χ2n) is 3.85. The molecule has 0 saturated carbocycles. The Kier molecular flexibility index (Phi) is 2.29. The van der Waals surface area contributed by atoms with Crippen molar-refractivity contribution in [3.63, 3.8) is 0 Å². The molecule has 1 aromatic heterocycles. The Bertz CT molecular complexity index is 644. The number of fused-ring (bicyclic) bond motifs is 1. The highest BCUT2D eigenvalue weighted by molar-refractivity contribution is 5.93. The summed E-state index contributed by atoms with van der Waals surface area (Å²) < 4.78 is 5.24. The summed E-state index contributed by atoms with van der Waals surface area (Å²) in [6.45, 7) is 0. The average molecular weight is 224 g/mol. The molecule has 1 heterocycles. The highest BCUT2D eigenvalue weighted by Gasteiger charge is 2.08. The molecule has 2 aromatic carbocycles. The van der Waals surface area contributed by atoms with Crippen LogP contribution in [-0.4, -0.2) is 17.3 Å². The highest BCUT2D eigenvalue weighted by Crippen LogP contribution is 2.28. The van der Waals surface area contributed by atoms with Gasteiger partial charge in [0, 0.05) is 10.9 Å². The lowest BCUT2D eigenvalue weighted by atomic mass is 10.1. The highest BCUT2D eigenvalue weighted by atomic mass is 16.5. The van der Waals surface area contributed by atoms with Crippen LogP contribution in [0.1, 0.15) is 0 Å². The van der Waals surface area contributed by atoms with Crippen LogP contribution >= 0.6 is 0 Å². The quantitative estimate of drug-likeness (QED) is 0.725. The number of hydrogen-bond acceptors (Lipinski definition) is 2. The maximum Gasteiger partial charge on any atom is 0.119 e. The van der Waals surface area contributed by atoms with Crippen LogP contribution in [0.15, 0.2) is 48.5 Å². The van der Waals surface area contributed by atoms with Gasteiger partial charge in [0.25, 0.3) is 0 Å². The van der Waals surface area contributed by atoms with Crippen molar-refractivity contribution in [2.24, 2.45) is 0 Å². The number of nitrogens with one attached hydrogen (secondary N) is 1. The Morgan fingerprint density at radius 3 is 2.65 bits per heavy atom. The number of benzene rings is 2. The minimum Gasteiger partial charge on any atom is -0.497 e. The zero-order valence-corrected chi connectivity index (χ0v) is 9.47. The van der Waals surface area contributed by atoms with Crippen molar-refractivity contribution in [3.05, 3.63) is 48.5 Å². The first-order chi connectivity index (χ1) is 8.38. The fourth-order valence-corrected chi connectivity index (χ4v) is 1.94. The summed E-state index contributed by atoms with van der Waals surface area (Å²) in [6.07, 6.45) is 0. The van der Waals surface area contributed by atoms with E-state index >= 15 is 0 Å². The van der Waals surface area contributed by atoms with Gasteiger partial charge in [-0.2, -0.15) is 5.10 Å². The van der Waals surface area contributed by atoms with Gasteiger partial charge in [0.2, 0.25) is 0 Å². The molecule has 0 bridgehead atoms. The molecule has 3 rings (SSSR count). The van der Waals surface area contributed by atoms with E-state index in [1.54, 1.807) is 7.11 Å². The maximum absolute atomic E-state index is 5.24. The maximum atomic E-state index is 5.24. The number of aromatic nitrogens is 2. The molecule has 0 atom stereocenters. The van der Waals surface area contributed by atoms with Crippen molar-refractivity contribution < 1.29 is 4.74 Å². The van der Waals surface area contributed by atoms with E-state index in [0.29, 0.717) is 0 Å². The first-order valence-electron chi connectivity index (χ1n) is 5.46. The molecular formula is C14H12N2O. The average Bonchev–Trinajstić information content (AvgIpc) is 2.82. The van der Waals surface area contributed by atoms with Crippen molar-refractivity contribution in [1.82, 2.24) is 10.2 Å². The number of nitrogens with zero attached hydrogens (tertiary/aromatic N) is 1. The third-order valence-corrected chi connectivity index (χ3v) is 2.82. The normalized spacial score (nSPS) is 10.6. The molecule has 0 aliphatic heterocycles. The summed E-state index contributed by atoms with van der Waals surface area (Å²) in [5.74, 6) is 0.844. The van der Waals surface area contributed by atoms with E-state index in [1.165, 1.54) is 0 Å². The van der Waals surface area contributed by atoms with E-state index in [1.807, 2.05) is 36.4 Å². The monoisotopic (exact) mass is 224 g/mol. The zero-order chi connectivity index (χ0) is 11.7. The molecular weight excluding hydrogens is 212 g/mol. The van der Waals surface area contributed by atoms with E-state index in [0.717, 1.165) is 27.9 Å². The van der Waals surface area contributed by atoms with E-state index in [2.05, 4.69) is 22.3 Å². The van der Waals surface area contributed by atoms with Crippen molar-refractivity contribution in [2.75, 3.05) is 7.11 Å². The standard InChI is InChI=1S/C14H12N2O/c1-17-11-7-8-13-12(9-11)14(16-15-13)10-5-3-2-4-6-10/h2-9H,1H3,(H,15,16). The van der Waals surface area contributed by atoms with Gasteiger partial charge in [-0.1, -0.05) is 30.3 Å². The van der Waals surface area contributed by atoms with E-state index < -0.39 is 0 Å². The Morgan fingerprint density at radius 2 is 1.88 bits per heavy atom. The lowest BCUT2D eigenvalue weighted by Crippen LogP contribution is -1.82. The third kappa shape index (κ3) is 1.65. The second kappa shape index (κ2) is 3.94. The molecule has 0 aliphatic carbocycles. The molecule has 84 valence electrons. The Balaban J connectivity index is 2.23. The van der Waals surface area contributed by atoms with Crippen LogP contribution in [0, 0.1) is 0 Å². The van der Waals surface area contributed by atoms with Gasteiger partial charge in [-0.3, -0.25) is 5.10 Å². The summed E-state index contributed by atoms with van der Waals surface area (Å²) in [4.78, 5) is 0. The lowest BCUT2D eigenvalue weighted by molar-refractivity contribution is 0.415. The molecule has 0 aliphatic rings. The van der Waals surface area contributed by atoms with Crippen LogP contribution < -0.4 is 4.74 Å². The zero-order valence-electron chi connectivity index (χ0n) is 9.47. The summed E-state index contributed by atoms with van der Waals surface area (Å²) >= 11 is 0.